The summed E-state index contributed by atoms with van der Waals surface area (Å²) < 4.78 is 22.0. The number of nitrogens with one attached hydrogen (secondary N) is 2. The minimum atomic E-state index is -0.659. The summed E-state index contributed by atoms with van der Waals surface area (Å²) in [6.07, 6.45) is 0.718. The highest BCUT2D eigenvalue weighted by atomic mass is 19.1. The number of rotatable bonds is 6. The maximum atomic E-state index is 15.1. The first-order valence-electron chi connectivity index (χ1n) is 11.8. The van der Waals surface area contributed by atoms with Crippen LogP contribution in [0.15, 0.2) is 60.7 Å². The zero-order chi connectivity index (χ0) is 26.1. The maximum absolute atomic E-state index is 15.1. The molecule has 3 aromatic carbocycles. The molecule has 0 saturated carbocycles. The molecule has 1 aliphatic heterocycles. The van der Waals surface area contributed by atoms with Crippen LogP contribution in [0.3, 0.4) is 0 Å². The van der Waals surface area contributed by atoms with Crippen molar-refractivity contribution in [2.75, 3.05) is 12.4 Å². The van der Waals surface area contributed by atoms with Crippen molar-refractivity contribution in [1.29, 1.82) is 0 Å². The van der Waals surface area contributed by atoms with Crippen molar-refractivity contribution in [2.45, 2.75) is 26.4 Å². The first kappa shape index (κ1) is 24.1. The van der Waals surface area contributed by atoms with Crippen LogP contribution in [-0.4, -0.2) is 28.7 Å². The van der Waals surface area contributed by atoms with E-state index in [1.54, 1.807) is 41.1 Å². The fourth-order valence-electron chi connectivity index (χ4n) is 4.53. The van der Waals surface area contributed by atoms with E-state index in [0.29, 0.717) is 34.9 Å². The first-order chi connectivity index (χ1) is 17.9. The van der Waals surface area contributed by atoms with E-state index in [1.165, 1.54) is 13.2 Å². The molecule has 0 unspecified atom stereocenters. The lowest BCUT2D eigenvalue weighted by Gasteiger charge is -2.11. The van der Waals surface area contributed by atoms with Crippen LogP contribution in [0.1, 0.15) is 37.4 Å². The largest absolute Gasteiger partial charge is 0.496 e. The van der Waals surface area contributed by atoms with Crippen molar-refractivity contribution in [2.24, 2.45) is 5.73 Å². The molecule has 0 bridgehead atoms. The molecular formula is C28H26FN5O3. The molecule has 4 N–H and O–H groups in total. The quantitative estimate of drug-likeness (QED) is 0.366. The van der Waals surface area contributed by atoms with Crippen LogP contribution in [0.25, 0.3) is 11.3 Å². The Balaban J connectivity index is 1.41. The number of carbonyl (C=O) groups is 2. The number of halogens is 1. The molecule has 0 radical (unpaired) electrons. The number of aryl methyl sites for hydroxylation is 3. The van der Waals surface area contributed by atoms with E-state index in [9.17, 15) is 9.59 Å². The number of hydrogen-bond acceptors (Lipinski definition) is 5. The molecule has 0 saturated heterocycles. The number of methoxy groups -OCH3 is 1. The summed E-state index contributed by atoms with van der Waals surface area (Å²) >= 11 is 0. The number of para-hydroxylation sites is 1. The maximum Gasteiger partial charge on any atom is 0.255 e. The number of aromatic nitrogens is 2. The van der Waals surface area contributed by atoms with Gasteiger partial charge in [-0.15, -0.1) is 0 Å². The van der Waals surface area contributed by atoms with Crippen molar-refractivity contribution in [1.82, 2.24) is 15.1 Å². The van der Waals surface area contributed by atoms with E-state index in [1.807, 2.05) is 19.1 Å². The van der Waals surface area contributed by atoms with E-state index >= 15 is 4.39 Å². The summed E-state index contributed by atoms with van der Waals surface area (Å²) in [5, 5.41) is 10.6. The van der Waals surface area contributed by atoms with Crippen molar-refractivity contribution in [3.63, 3.8) is 0 Å². The zero-order valence-electron chi connectivity index (χ0n) is 20.5. The Hall–Kier alpha value is -4.66. The average molecular weight is 500 g/mol. The number of fused-ring (bicyclic) bond motifs is 2. The molecule has 2 amide bonds. The van der Waals surface area contributed by atoms with Gasteiger partial charge in [0.25, 0.3) is 11.8 Å². The van der Waals surface area contributed by atoms with E-state index in [4.69, 9.17) is 10.5 Å². The molecule has 2 heterocycles. The van der Waals surface area contributed by atoms with E-state index in [0.717, 1.165) is 23.2 Å². The second-order valence-corrected chi connectivity index (χ2v) is 8.88. The Bertz CT molecular complexity index is 1530. The molecule has 1 aliphatic rings. The van der Waals surface area contributed by atoms with E-state index in [-0.39, 0.29) is 23.6 Å². The lowest BCUT2D eigenvalue weighted by atomic mass is 10.0. The number of nitrogens with two attached hydrogens (primary N) is 1. The summed E-state index contributed by atoms with van der Waals surface area (Å²) in [5.74, 6) is -0.659. The highest BCUT2D eigenvalue weighted by Crippen LogP contribution is 2.35. The van der Waals surface area contributed by atoms with Crippen LogP contribution in [-0.2, 0) is 19.5 Å². The number of carbonyl (C=O) groups excluding carboxylic acids is 2. The third-order valence-electron chi connectivity index (χ3n) is 6.42. The van der Waals surface area contributed by atoms with Gasteiger partial charge in [0.2, 0.25) is 0 Å². The predicted octanol–water partition coefficient (Wildman–Crippen LogP) is 4.33. The molecule has 5 rings (SSSR count). The number of nitrogens with zero attached hydrogens (tertiary/aromatic N) is 2. The molecular weight excluding hydrogens is 473 g/mol. The van der Waals surface area contributed by atoms with Gasteiger partial charge in [0, 0.05) is 29.9 Å². The van der Waals surface area contributed by atoms with Gasteiger partial charge in [-0.05, 0) is 43.2 Å². The van der Waals surface area contributed by atoms with Gasteiger partial charge in [0.15, 0.2) is 0 Å². The van der Waals surface area contributed by atoms with Crippen LogP contribution in [0.5, 0.6) is 5.75 Å². The summed E-state index contributed by atoms with van der Waals surface area (Å²) in [4.78, 5) is 25.1. The topological polar surface area (TPSA) is 111 Å². The third kappa shape index (κ3) is 4.63. The molecule has 37 heavy (non-hydrogen) atoms. The SMILES string of the molecule is COc1ccccc1C(=O)NCc1ccc(-c2nn3c(c2C(N)=O)Nc2ccc(C)cc2CC3)cc1F. The van der Waals surface area contributed by atoms with Gasteiger partial charge in [0.1, 0.15) is 28.6 Å². The molecule has 0 spiro atoms. The lowest BCUT2D eigenvalue weighted by Crippen LogP contribution is -2.23. The summed E-state index contributed by atoms with van der Waals surface area (Å²) in [6, 6.07) is 17.4. The van der Waals surface area contributed by atoms with Gasteiger partial charge in [-0.25, -0.2) is 9.07 Å². The number of hydrogen-bond donors (Lipinski definition) is 3. The molecule has 8 nitrogen and oxygen atoms in total. The van der Waals surface area contributed by atoms with Crippen LogP contribution in [0.4, 0.5) is 15.9 Å². The molecule has 0 fully saturated rings. The van der Waals surface area contributed by atoms with Gasteiger partial charge in [-0.1, -0.05) is 42.0 Å². The van der Waals surface area contributed by atoms with Crippen molar-refractivity contribution in [3.05, 3.63) is 94.3 Å². The van der Waals surface area contributed by atoms with Crippen LogP contribution >= 0.6 is 0 Å². The number of ether oxygens (including phenoxy) is 1. The van der Waals surface area contributed by atoms with Crippen molar-refractivity contribution < 1.29 is 18.7 Å². The number of amides is 2. The minimum absolute atomic E-state index is 0.0247. The molecule has 188 valence electrons. The molecule has 1 aromatic heterocycles. The van der Waals surface area contributed by atoms with Crippen molar-refractivity contribution in [3.8, 4) is 17.0 Å². The summed E-state index contributed by atoms with van der Waals surface area (Å²) in [7, 11) is 1.48. The predicted molar refractivity (Wildman–Crippen MR) is 138 cm³/mol. The standard InChI is InChI=1S/C28H26FN5O3/c1-16-7-10-22-17(13-16)11-12-34-27(32-22)24(26(30)35)25(33-34)18-8-9-19(21(29)14-18)15-31-28(36)20-5-3-4-6-23(20)37-2/h3-10,13-14,32H,11-12,15H2,1-2H3,(H2,30,35)(H,31,36). The number of benzene rings is 3. The fourth-order valence-corrected chi connectivity index (χ4v) is 4.53. The second kappa shape index (κ2) is 9.77. The number of primary amides is 1. The van der Waals surface area contributed by atoms with Crippen LogP contribution < -0.4 is 21.1 Å². The Labute approximate surface area is 213 Å². The van der Waals surface area contributed by atoms with Gasteiger partial charge < -0.3 is 21.1 Å². The molecule has 9 heteroatoms. The number of anilines is 2. The van der Waals surface area contributed by atoms with Gasteiger partial charge >= 0.3 is 0 Å². The average Bonchev–Trinajstić information content (AvgIpc) is 3.16. The van der Waals surface area contributed by atoms with Gasteiger partial charge in [-0.2, -0.15) is 5.10 Å². The van der Waals surface area contributed by atoms with Gasteiger partial charge in [0.05, 0.1) is 12.7 Å². The second-order valence-electron chi connectivity index (χ2n) is 8.88. The van der Waals surface area contributed by atoms with E-state index < -0.39 is 11.7 Å². The van der Waals surface area contributed by atoms with Gasteiger partial charge in [-0.3, -0.25) is 9.59 Å². The van der Waals surface area contributed by atoms with Crippen LogP contribution in [0.2, 0.25) is 0 Å². The third-order valence-corrected chi connectivity index (χ3v) is 6.42. The normalized spacial score (nSPS) is 12.1. The minimum Gasteiger partial charge on any atom is -0.496 e. The first-order valence-corrected chi connectivity index (χ1v) is 11.8. The Morgan fingerprint density at radius 3 is 2.73 bits per heavy atom. The highest BCUT2D eigenvalue weighted by Gasteiger charge is 2.26. The molecule has 0 aliphatic carbocycles. The smallest absolute Gasteiger partial charge is 0.255 e. The van der Waals surface area contributed by atoms with Crippen LogP contribution in [0, 0.1) is 12.7 Å². The van der Waals surface area contributed by atoms with E-state index in [2.05, 4.69) is 21.8 Å². The Kier molecular flexibility index (Phi) is 6.35. The molecule has 0 atom stereocenters. The fraction of sp³-hybridized carbons (Fsp3) is 0.179. The zero-order valence-corrected chi connectivity index (χ0v) is 20.5. The summed E-state index contributed by atoms with van der Waals surface area (Å²) in [6.45, 7) is 2.54. The van der Waals surface area contributed by atoms with Crippen molar-refractivity contribution >= 4 is 23.3 Å². The highest BCUT2D eigenvalue weighted by molar-refractivity contribution is 6.04. The Morgan fingerprint density at radius 1 is 1.16 bits per heavy atom. The lowest BCUT2D eigenvalue weighted by molar-refractivity contribution is 0.0946. The summed E-state index contributed by atoms with van der Waals surface area (Å²) in [5.41, 5.74) is 10.5. The molecule has 4 aromatic rings. The monoisotopic (exact) mass is 499 g/mol. The Morgan fingerprint density at radius 2 is 1.97 bits per heavy atom.